The minimum absolute atomic E-state index is 0.339. The second-order valence-corrected chi connectivity index (χ2v) is 40.3. The van der Waals surface area contributed by atoms with E-state index >= 15 is 0 Å². The van der Waals surface area contributed by atoms with Crippen molar-refractivity contribution < 1.29 is 0 Å². The molecule has 0 spiro atoms. The van der Waals surface area contributed by atoms with Gasteiger partial charge >= 0.3 is 0 Å². The van der Waals surface area contributed by atoms with Crippen LogP contribution in [-0.2, 0) is 0 Å². The average molecular weight is 1440 g/mol. The summed E-state index contributed by atoms with van der Waals surface area (Å²) in [5.41, 5.74) is 16.2. The van der Waals surface area contributed by atoms with Crippen molar-refractivity contribution in [2.45, 2.75) is 0 Å². The maximum absolute atomic E-state index is 3.41. The van der Waals surface area contributed by atoms with Gasteiger partial charge < -0.3 is 14.4 Å². The van der Waals surface area contributed by atoms with Gasteiger partial charge in [-0.15, -0.1) is 0 Å². The summed E-state index contributed by atoms with van der Waals surface area (Å²) in [4.78, 5) is 5.34. The molecule has 1 aromatic heterocycles. The van der Waals surface area contributed by atoms with Crippen LogP contribution in [-0.4, -0.2) is 35.5 Å². The van der Waals surface area contributed by atoms with Gasteiger partial charge in [-0.1, -0.05) is 388 Å². The molecule has 3 nitrogen and oxygen atoms in total. The van der Waals surface area contributed by atoms with Gasteiger partial charge in [0.2, 0.25) is 0 Å². The first-order valence-corrected chi connectivity index (χ1v) is 43.9. The molecule has 18 aromatic rings. The highest BCUT2D eigenvalue weighted by molar-refractivity contribution is 7.23. The molecule has 3 heterocycles. The highest BCUT2D eigenvalue weighted by Crippen LogP contribution is 2.47. The third kappa shape index (κ3) is 10.4. The number of para-hydroxylation sites is 2. The van der Waals surface area contributed by atoms with Crippen LogP contribution < -0.4 is 88.4 Å². The zero-order valence-corrected chi connectivity index (χ0v) is 63.1. The van der Waals surface area contributed by atoms with Gasteiger partial charge in [-0.3, -0.25) is 0 Å². The molecular formula is C102H74BN3Si3. The van der Waals surface area contributed by atoms with Crippen molar-refractivity contribution >= 4 is 165 Å². The molecule has 109 heavy (non-hydrogen) atoms. The number of benzene rings is 17. The molecule has 0 saturated carbocycles. The van der Waals surface area contributed by atoms with Crippen LogP contribution in [0.3, 0.4) is 0 Å². The Labute approximate surface area is 641 Å². The zero-order valence-electron chi connectivity index (χ0n) is 60.1. The first-order chi connectivity index (χ1) is 54.1. The van der Waals surface area contributed by atoms with Crippen LogP contribution in [0.25, 0.3) is 38.6 Å². The van der Waals surface area contributed by atoms with E-state index in [1.807, 2.05) is 0 Å². The lowest BCUT2D eigenvalue weighted by molar-refractivity contribution is 1.16. The van der Waals surface area contributed by atoms with Crippen LogP contribution in [0.2, 0.25) is 0 Å². The normalized spacial score (nSPS) is 12.5. The fraction of sp³-hybridized carbons (Fsp3) is 0. The smallest absolute Gasteiger partial charge is 0.252 e. The molecule has 20 rings (SSSR count). The monoisotopic (exact) mass is 1440 g/mol. The molecule has 0 amide bonds. The van der Waals surface area contributed by atoms with E-state index in [1.165, 1.54) is 89.4 Å². The Kier molecular flexibility index (Phi) is 16.4. The van der Waals surface area contributed by atoms with Gasteiger partial charge in [0.25, 0.3) is 6.71 Å². The summed E-state index contributed by atoms with van der Waals surface area (Å²) in [7, 11) is -9.65. The van der Waals surface area contributed by atoms with Gasteiger partial charge in [0.15, 0.2) is 24.2 Å². The van der Waals surface area contributed by atoms with Gasteiger partial charge in [0.1, 0.15) is 0 Å². The largest absolute Gasteiger partial charge is 0.311 e. The lowest BCUT2D eigenvalue weighted by atomic mass is 9.33. The summed E-state index contributed by atoms with van der Waals surface area (Å²) < 4.78 is 2.54. The molecule has 2 aliphatic rings. The minimum atomic E-state index is -3.41. The SMILES string of the molecule is c1ccc(-c2cccc(N3c4cc(-n5c6ccccc6c6ccccc65)cc5c4B(c4cc([Si](c6ccccc6)(c6ccccc6)c6ccccc6)ccc4N5c4ccc([Si](c5ccccc5)(c5ccccc5)c5ccccc5)cc4)c4c3cccc4[Si](c3ccccc3)(c3ccccc3)c3ccccc3)c2)cc1. The Hall–Kier alpha value is -13.1. The van der Waals surface area contributed by atoms with Crippen molar-refractivity contribution in [3.63, 3.8) is 0 Å². The van der Waals surface area contributed by atoms with Crippen molar-refractivity contribution in [1.29, 1.82) is 0 Å². The summed E-state index contributed by atoms with van der Waals surface area (Å²) in [6.07, 6.45) is 0. The highest BCUT2D eigenvalue weighted by atomic mass is 28.3. The second kappa shape index (κ2) is 27.3. The van der Waals surface area contributed by atoms with Crippen molar-refractivity contribution in [2.24, 2.45) is 0 Å². The summed E-state index contributed by atoms with van der Waals surface area (Å²) in [5.74, 6) is 0. The lowest BCUT2D eigenvalue weighted by Gasteiger charge is -2.47. The molecular weight excluding hydrogens is 1360 g/mol. The summed E-state index contributed by atoms with van der Waals surface area (Å²) >= 11 is 0. The fourth-order valence-corrected chi connectivity index (χ4v) is 33.5. The van der Waals surface area contributed by atoms with E-state index in [4.69, 9.17) is 0 Å². The Morgan fingerprint density at radius 1 is 0.193 bits per heavy atom. The molecule has 17 aromatic carbocycles. The van der Waals surface area contributed by atoms with E-state index in [1.54, 1.807) is 0 Å². The van der Waals surface area contributed by atoms with Crippen LogP contribution in [0, 0.1) is 0 Å². The second-order valence-electron chi connectivity index (χ2n) is 28.9. The number of nitrogens with zero attached hydrogens (tertiary/aromatic N) is 3. The van der Waals surface area contributed by atoms with Gasteiger partial charge in [0, 0.05) is 44.9 Å². The summed E-state index contributed by atoms with van der Waals surface area (Å²) in [5, 5.41) is 18.3. The van der Waals surface area contributed by atoms with E-state index in [9.17, 15) is 0 Å². The first kappa shape index (κ1) is 65.4. The zero-order chi connectivity index (χ0) is 72.3. The molecule has 0 bridgehead atoms. The van der Waals surface area contributed by atoms with Crippen LogP contribution >= 0.6 is 0 Å². The third-order valence-electron chi connectivity index (χ3n) is 23.4. The van der Waals surface area contributed by atoms with Crippen LogP contribution in [0.1, 0.15) is 0 Å². The Balaban J connectivity index is 0.967. The number of fused-ring (bicyclic) bond motifs is 7. The highest BCUT2D eigenvalue weighted by Gasteiger charge is 2.52. The van der Waals surface area contributed by atoms with E-state index in [2.05, 4.69) is 463 Å². The summed E-state index contributed by atoms with van der Waals surface area (Å²) in [6.45, 7) is -0.339. The number of rotatable bonds is 16. The molecule has 0 aliphatic carbocycles. The van der Waals surface area contributed by atoms with Gasteiger partial charge in [-0.05, 0) is 150 Å². The van der Waals surface area contributed by atoms with E-state index in [0.717, 1.165) is 62.0 Å². The Bertz CT molecular complexity index is 5990. The molecule has 0 saturated heterocycles. The lowest BCUT2D eigenvalue weighted by Crippen LogP contribution is -2.80. The molecule has 0 fully saturated rings. The average Bonchev–Trinajstić information content (AvgIpc) is 1.06. The number of aromatic nitrogens is 1. The van der Waals surface area contributed by atoms with Crippen LogP contribution in [0.15, 0.2) is 449 Å². The maximum atomic E-state index is 2.72. The van der Waals surface area contributed by atoms with Crippen molar-refractivity contribution in [3.05, 3.63) is 449 Å². The Morgan fingerprint density at radius 2 is 0.532 bits per heavy atom. The predicted octanol–water partition coefficient (Wildman–Crippen LogP) is 14.7. The number of hydrogen-bond donors (Lipinski definition) is 0. The molecule has 2 aliphatic heterocycles. The predicted molar refractivity (Wildman–Crippen MR) is 471 cm³/mol. The van der Waals surface area contributed by atoms with Gasteiger partial charge in [-0.2, -0.15) is 0 Å². The topological polar surface area (TPSA) is 11.4 Å². The molecule has 7 heteroatoms. The molecule has 0 atom stereocenters. The first-order valence-electron chi connectivity index (χ1n) is 37.9. The Morgan fingerprint density at radius 3 is 0.963 bits per heavy atom. The number of anilines is 6. The van der Waals surface area contributed by atoms with E-state index < -0.39 is 24.2 Å². The van der Waals surface area contributed by atoms with Crippen molar-refractivity contribution in [2.75, 3.05) is 9.80 Å². The standard InChI is InChI=1S/C102H74BN3Si3/c1-11-37-75(38-12-1)76-39-35-40-78(71-76)105-97-63-36-64-100(109(86-53-25-8-26-54-86,87-55-27-9-28-56-87)88-57-29-10-30-58-88)102(97)103-93-74-90(108(83-47-19-5-20-48-83,84-49-21-6-22-50-84)85-51-23-7-24-52-85)69-70-96(93)104(98-72-79(73-99(105)101(98)103)106-94-61-33-31-59-91(94)92-60-32-34-62-95(92)106)77-65-67-89(68-66-77)107(80-41-13-2-14-42-80,81-43-15-3-16-44-81)82-45-17-4-18-46-82/h1-74H. The molecule has 0 unspecified atom stereocenters. The molecule has 512 valence electrons. The van der Waals surface area contributed by atoms with Crippen molar-refractivity contribution in [3.8, 4) is 16.8 Å². The molecule has 0 N–H and O–H groups in total. The quantitative estimate of drug-likeness (QED) is 0.0706. The third-order valence-corrected chi connectivity index (χ3v) is 37.8. The van der Waals surface area contributed by atoms with Crippen LogP contribution in [0.5, 0.6) is 0 Å². The number of hydrogen-bond acceptors (Lipinski definition) is 2. The van der Waals surface area contributed by atoms with Gasteiger partial charge in [0.05, 0.1) is 16.7 Å². The fourth-order valence-electron chi connectivity index (χ4n) is 19.0. The van der Waals surface area contributed by atoms with E-state index in [0.29, 0.717) is 0 Å². The molecule has 0 radical (unpaired) electrons. The van der Waals surface area contributed by atoms with Crippen LogP contribution in [0.4, 0.5) is 34.1 Å². The maximum Gasteiger partial charge on any atom is 0.252 e. The van der Waals surface area contributed by atoms with Crippen molar-refractivity contribution in [1.82, 2.24) is 4.57 Å². The summed E-state index contributed by atoms with van der Waals surface area (Å²) in [6, 6.07) is 172. The van der Waals surface area contributed by atoms with E-state index in [-0.39, 0.29) is 6.71 Å². The minimum Gasteiger partial charge on any atom is -0.311 e. The van der Waals surface area contributed by atoms with Gasteiger partial charge in [-0.25, -0.2) is 0 Å².